The van der Waals surface area contributed by atoms with Gasteiger partial charge in [0, 0.05) is 70.9 Å². The number of amides is 2. The second-order valence-corrected chi connectivity index (χ2v) is 7.20. The minimum atomic E-state index is 0. The average Bonchev–Trinajstić information content (AvgIpc) is 2.73. The molecule has 156 valence electrons. The summed E-state index contributed by atoms with van der Waals surface area (Å²) in [6, 6.07) is 5.60. The number of piperazine rings is 2. The fourth-order valence-corrected chi connectivity index (χ4v) is 3.64. The van der Waals surface area contributed by atoms with Crippen LogP contribution in [0, 0.1) is 6.92 Å². The van der Waals surface area contributed by atoms with Crippen LogP contribution in [0.2, 0.25) is 0 Å². The van der Waals surface area contributed by atoms with Crippen LogP contribution >= 0.6 is 12.4 Å². The number of rotatable bonds is 5. The van der Waals surface area contributed by atoms with Gasteiger partial charge < -0.3 is 19.9 Å². The van der Waals surface area contributed by atoms with E-state index >= 15 is 0 Å². The van der Waals surface area contributed by atoms with Gasteiger partial charge in [0.2, 0.25) is 5.91 Å². The maximum Gasteiger partial charge on any atom is 0.254 e. The first kappa shape index (κ1) is 22.5. The van der Waals surface area contributed by atoms with E-state index < -0.39 is 0 Å². The van der Waals surface area contributed by atoms with Crippen LogP contribution in [-0.2, 0) is 4.79 Å². The van der Waals surface area contributed by atoms with Crippen molar-refractivity contribution >= 4 is 24.2 Å². The van der Waals surface area contributed by atoms with Gasteiger partial charge in [-0.1, -0.05) is 6.07 Å². The number of ether oxygens (including phenoxy) is 1. The number of benzene rings is 1. The lowest BCUT2D eigenvalue weighted by Crippen LogP contribution is -2.50. The van der Waals surface area contributed by atoms with Crippen molar-refractivity contribution in [3.8, 4) is 5.75 Å². The minimum Gasteiger partial charge on any atom is -0.496 e. The molecule has 0 spiro atoms. The Morgan fingerprint density at radius 1 is 1.04 bits per heavy atom. The molecular weight excluding hydrogens is 380 g/mol. The van der Waals surface area contributed by atoms with E-state index in [1.807, 2.05) is 34.9 Å². The average molecular weight is 411 g/mol. The van der Waals surface area contributed by atoms with E-state index in [0.717, 1.165) is 57.1 Å². The van der Waals surface area contributed by atoms with Crippen LogP contribution in [-0.4, -0.2) is 92.5 Å². The fraction of sp³-hybridized carbons (Fsp3) is 0.600. The summed E-state index contributed by atoms with van der Waals surface area (Å²) in [6.45, 7) is 9.12. The van der Waals surface area contributed by atoms with Crippen molar-refractivity contribution in [2.45, 2.75) is 13.3 Å². The monoisotopic (exact) mass is 410 g/mol. The quantitative estimate of drug-likeness (QED) is 0.784. The molecule has 1 aromatic carbocycles. The van der Waals surface area contributed by atoms with Crippen LogP contribution in [0.5, 0.6) is 5.75 Å². The molecule has 1 N–H and O–H groups in total. The molecule has 2 aliphatic rings. The summed E-state index contributed by atoms with van der Waals surface area (Å²) in [6.07, 6.45) is 0.559. The highest BCUT2D eigenvalue weighted by Gasteiger charge is 2.24. The molecule has 0 unspecified atom stereocenters. The number of halogens is 1. The second-order valence-electron chi connectivity index (χ2n) is 7.20. The number of nitrogens with zero attached hydrogens (tertiary/aromatic N) is 3. The summed E-state index contributed by atoms with van der Waals surface area (Å²) < 4.78 is 5.33. The summed E-state index contributed by atoms with van der Waals surface area (Å²) in [4.78, 5) is 31.1. The van der Waals surface area contributed by atoms with Crippen molar-refractivity contribution in [3.05, 3.63) is 29.3 Å². The molecule has 0 aliphatic carbocycles. The van der Waals surface area contributed by atoms with Crippen LogP contribution < -0.4 is 10.1 Å². The zero-order valence-corrected chi connectivity index (χ0v) is 17.6. The Morgan fingerprint density at radius 3 is 2.36 bits per heavy atom. The highest BCUT2D eigenvalue weighted by Crippen LogP contribution is 2.20. The summed E-state index contributed by atoms with van der Waals surface area (Å²) in [5.74, 6) is 1.03. The largest absolute Gasteiger partial charge is 0.496 e. The van der Waals surface area contributed by atoms with Crippen LogP contribution in [0.3, 0.4) is 0 Å². The Bertz CT molecular complexity index is 671. The number of methoxy groups -OCH3 is 1. The van der Waals surface area contributed by atoms with Crippen LogP contribution in [0.4, 0.5) is 0 Å². The third-order valence-electron chi connectivity index (χ3n) is 5.43. The van der Waals surface area contributed by atoms with Crippen LogP contribution in [0.1, 0.15) is 22.3 Å². The number of aryl methyl sites for hydroxylation is 1. The summed E-state index contributed by atoms with van der Waals surface area (Å²) >= 11 is 0. The molecule has 0 atom stereocenters. The van der Waals surface area contributed by atoms with E-state index in [9.17, 15) is 9.59 Å². The maximum absolute atomic E-state index is 12.7. The molecule has 0 radical (unpaired) electrons. The Balaban J connectivity index is 0.00000280. The molecule has 8 heteroatoms. The number of carbonyl (C=O) groups excluding carboxylic acids is 2. The van der Waals surface area contributed by atoms with Crippen molar-refractivity contribution < 1.29 is 14.3 Å². The molecule has 1 aromatic rings. The summed E-state index contributed by atoms with van der Waals surface area (Å²) in [7, 11) is 1.62. The van der Waals surface area contributed by atoms with Crippen molar-refractivity contribution in [1.29, 1.82) is 0 Å². The smallest absolute Gasteiger partial charge is 0.254 e. The van der Waals surface area contributed by atoms with Gasteiger partial charge >= 0.3 is 0 Å². The topological polar surface area (TPSA) is 65.1 Å². The van der Waals surface area contributed by atoms with E-state index in [-0.39, 0.29) is 24.2 Å². The molecule has 2 heterocycles. The van der Waals surface area contributed by atoms with Crippen LogP contribution in [0.15, 0.2) is 18.2 Å². The van der Waals surface area contributed by atoms with Gasteiger partial charge in [-0.2, -0.15) is 0 Å². The molecule has 0 aromatic heterocycles. The van der Waals surface area contributed by atoms with E-state index in [1.165, 1.54) is 0 Å². The van der Waals surface area contributed by atoms with Gasteiger partial charge in [-0.15, -0.1) is 12.4 Å². The second kappa shape index (κ2) is 10.6. The number of hydrogen-bond donors (Lipinski definition) is 1. The SMILES string of the molecule is COc1cc(C(=O)N2CCN(CCC(=O)N3CCNCC3)CC2)ccc1C.Cl. The normalized spacial score (nSPS) is 17.8. The van der Waals surface area contributed by atoms with Gasteiger partial charge in [-0.25, -0.2) is 0 Å². The van der Waals surface area contributed by atoms with E-state index in [1.54, 1.807) is 7.11 Å². The molecule has 3 rings (SSSR count). The lowest BCUT2D eigenvalue weighted by atomic mass is 10.1. The Morgan fingerprint density at radius 2 is 1.71 bits per heavy atom. The number of nitrogens with one attached hydrogen (secondary N) is 1. The fourth-order valence-electron chi connectivity index (χ4n) is 3.64. The van der Waals surface area contributed by atoms with Gasteiger partial charge in [0.05, 0.1) is 7.11 Å². The molecule has 0 bridgehead atoms. The first-order valence-corrected chi connectivity index (χ1v) is 9.73. The number of carbonyl (C=O) groups is 2. The molecule has 2 aliphatic heterocycles. The predicted octanol–water partition coefficient (Wildman–Crippen LogP) is 1.01. The maximum atomic E-state index is 12.7. The van der Waals surface area contributed by atoms with Gasteiger partial charge in [0.25, 0.3) is 5.91 Å². The predicted molar refractivity (Wildman–Crippen MR) is 111 cm³/mol. The zero-order valence-electron chi connectivity index (χ0n) is 16.8. The Hall–Kier alpha value is -1.83. The van der Waals surface area contributed by atoms with Crippen molar-refractivity contribution in [1.82, 2.24) is 20.0 Å². The van der Waals surface area contributed by atoms with E-state index in [0.29, 0.717) is 25.1 Å². The highest BCUT2D eigenvalue weighted by molar-refractivity contribution is 5.94. The standard InChI is InChI=1S/C20H30N4O3.ClH/c1-16-3-4-17(15-18(16)27-2)20(26)24-13-11-22(12-14-24)8-5-19(25)23-9-6-21-7-10-23;/h3-4,15,21H,5-14H2,1-2H3;1H. The third-order valence-corrected chi connectivity index (χ3v) is 5.43. The van der Waals surface area contributed by atoms with Crippen LogP contribution in [0.25, 0.3) is 0 Å². The lowest BCUT2D eigenvalue weighted by Gasteiger charge is -2.35. The van der Waals surface area contributed by atoms with E-state index in [2.05, 4.69) is 10.2 Å². The molecule has 28 heavy (non-hydrogen) atoms. The first-order valence-electron chi connectivity index (χ1n) is 9.73. The van der Waals surface area contributed by atoms with Gasteiger partial charge in [-0.3, -0.25) is 14.5 Å². The number of hydrogen-bond acceptors (Lipinski definition) is 5. The van der Waals surface area contributed by atoms with Crippen molar-refractivity contribution in [2.75, 3.05) is 66.0 Å². The molecule has 2 amide bonds. The summed E-state index contributed by atoms with van der Waals surface area (Å²) in [5.41, 5.74) is 1.69. The van der Waals surface area contributed by atoms with Gasteiger partial charge in [0.15, 0.2) is 0 Å². The van der Waals surface area contributed by atoms with Crippen molar-refractivity contribution in [2.24, 2.45) is 0 Å². The minimum absolute atomic E-state index is 0. The third kappa shape index (κ3) is 5.59. The lowest BCUT2D eigenvalue weighted by molar-refractivity contribution is -0.132. The van der Waals surface area contributed by atoms with Crippen molar-refractivity contribution in [3.63, 3.8) is 0 Å². The van der Waals surface area contributed by atoms with Gasteiger partial charge in [0.1, 0.15) is 5.75 Å². The van der Waals surface area contributed by atoms with Gasteiger partial charge in [-0.05, 0) is 24.6 Å². The van der Waals surface area contributed by atoms with E-state index in [4.69, 9.17) is 4.74 Å². The Kier molecular flexibility index (Phi) is 8.54. The molecular formula is C20H31ClN4O3. The Labute approximate surface area is 173 Å². The zero-order chi connectivity index (χ0) is 19.2. The molecule has 2 fully saturated rings. The highest BCUT2D eigenvalue weighted by atomic mass is 35.5. The first-order chi connectivity index (χ1) is 13.1. The summed E-state index contributed by atoms with van der Waals surface area (Å²) in [5, 5.41) is 3.26. The molecule has 0 saturated carbocycles. The molecule has 7 nitrogen and oxygen atoms in total. The molecule has 2 saturated heterocycles.